The van der Waals surface area contributed by atoms with Crippen molar-refractivity contribution < 1.29 is 9.59 Å². The molecule has 9 heteroatoms. The van der Waals surface area contributed by atoms with E-state index in [1.165, 1.54) is 11.8 Å². The van der Waals surface area contributed by atoms with E-state index < -0.39 is 0 Å². The number of halogens is 1. The van der Waals surface area contributed by atoms with Crippen LogP contribution in [0.3, 0.4) is 0 Å². The fourth-order valence-corrected chi connectivity index (χ4v) is 3.75. The largest absolute Gasteiger partial charge is 0.342 e. The van der Waals surface area contributed by atoms with Gasteiger partial charge in [-0.1, -0.05) is 41.6 Å². The standard InChI is InChI=1S/C21H22ClN5O2S/c1-3-27-19(14(2)23-20(29)15-7-5-4-6-8-15)25-26-21(27)30-13-18(28)24-17-11-9-16(22)10-12-17/h4-12,14H,3,13H2,1-2H3,(H,23,29)(H,24,28)/t14-/m0/s1. The number of hydrogen-bond donors (Lipinski definition) is 2. The van der Waals surface area contributed by atoms with Crippen molar-refractivity contribution in [3.63, 3.8) is 0 Å². The molecule has 1 heterocycles. The molecule has 7 nitrogen and oxygen atoms in total. The van der Waals surface area contributed by atoms with Crippen LogP contribution in [0.5, 0.6) is 0 Å². The van der Waals surface area contributed by atoms with Gasteiger partial charge in [0.05, 0.1) is 11.8 Å². The van der Waals surface area contributed by atoms with Crippen molar-refractivity contribution in [1.82, 2.24) is 20.1 Å². The van der Waals surface area contributed by atoms with E-state index in [0.29, 0.717) is 33.8 Å². The van der Waals surface area contributed by atoms with E-state index in [0.717, 1.165) is 0 Å². The first kappa shape index (κ1) is 21.9. The molecule has 30 heavy (non-hydrogen) atoms. The monoisotopic (exact) mass is 443 g/mol. The summed E-state index contributed by atoms with van der Waals surface area (Å²) in [7, 11) is 0. The van der Waals surface area contributed by atoms with E-state index in [2.05, 4.69) is 20.8 Å². The molecule has 3 rings (SSSR count). The summed E-state index contributed by atoms with van der Waals surface area (Å²) in [6, 6.07) is 15.6. The van der Waals surface area contributed by atoms with Gasteiger partial charge >= 0.3 is 0 Å². The number of anilines is 1. The molecule has 0 aliphatic heterocycles. The molecule has 0 unspecified atom stereocenters. The topological polar surface area (TPSA) is 88.9 Å². The predicted octanol–water partition coefficient (Wildman–Crippen LogP) is 4.17. The Labute approximate surface area is 184 Å². The molecule has 3 aromatic rings. The lowest BCUT2D eigenvalue weighted by molar-refractivity contribution is -0.113. The highest BCUT2D eigenvalue weighted by molar-refractivity contribution is 7.99. The van der Waals surface area contributed by atoms with Crippen molar-refractivity contribution in [3.05, 3.63) is 71.0 Å². The molecule has 0 saturated heterocycles. The van der Waals surface area contributed by atoms with E-state index in [9.17, 15) is 9.59 Å². The second-order valence-electron chi connectivity index (χ2n) is 6.49. The van der Waals surface area contributed by atoms with E-state index in [-0.39, 0.29) is 23.6 Å². The third-order valence-corrected chi connectivity index (χ3v) is 5.51. The molecule has 2 N–H and O–H groups in total. The maximum Gasteiger partial charge on any atom is 0.251 e. The lowest BCUT2D eigenvalue weighted by Gasteiger charge is -2.15. The van der Waals surface area contributed by atoms with Gasteiger partial charge in [0.15, 0.2) is 11.0 Å². The van der Waals surface area contributed by atoms with E-state index in [1.54, 1.807) is 36.4 Å². The van der Waals surface area contributed by atoms with Crippen LogP contribution in [-0.4, -0.2) is 32.3 Å². The molecule has 156 valence electrons. The summed E-state index contributed by atoms with van der Waals surface area (Å²) in [4.78, 5) is 24.6. The Balaban J connectivity index is 1.61. The minimum Gasteiger partial charge on any atom is -0.342 e. The van der Waals surface area contributed by atoms with Gasteiger partial charge in [0.25, 0.3) is 5.91 Å². The maximum atomic E-state index is 12.4. The molecular weight excluding hydrogens is 422 g/mol. The van der Waals surface area contributed by atoms with Gasteiger partial charge in [0, 0.05) is 22.8 Å². The molecular formula is C21H22ClN5O2S. The summed E-state index contributed by atoms with van der Waals surface area (Å²) < 4.78 is 1.90. The van der Waals surface area contributed by atoms with E-state index >= 15 is 0 Å². The summed E-state index contributed by atoms with van der Waals surface area (Å²) in [6.45, 7) is 4.45. The molecule has 0 fully saturated rings. The zero-order valence-electron chi connectivity index (χ0n) is 16.6. The lowest BCUT2D eigenvalue weighted by atomic mass is 10.2. The third-order valence-electron chi connectivity index (χ3n) is 4.29. The molecule has 2 amide bonds. The van der Waals surface area contributed by atoms with Crippen LogP contribution in [0, 0.1) is 0 Å². The zero-order chi connectivity index (χ0) is 21.5. The fraction of sp³-hybridized carbons (Fsp3) is 0.238. The molecule has 2 aromatic carbocycles. The van der Waals surface area contributed by atoms with Crippen molar-refractivity contribution in [2.45, 2.75) is 31.6 Å². The molecule has 0 saturated carbocycles. The Bertz CT molecular complexity index is 1010. The quantitative estimate of drug-likeness (QED) is 0.510. The predicted molar refractivity (Wildman–Crippen MR) is 119 cm³/mol. The summed E-state index contributed by atoms with van der Waals surface area (Å²) in [5.41, 5.74) is 1.26. The maximum absolute atomic E-state index is 12.4. The molecule has 0 aliphatic carbocycles. The number of nitrogens with zero attached hydrogens (tertiary/aromatic N) is 3. The Morgan fingerprint density at radius 1 is 1.10 bits per heavy atom. The molecule has 1 aromatic heterocycles. The van der Waals surface area contributed by atoms with Gasteiger partial charge < -0.3 is 15.2 Å². The second kappa shape index (κ2) is 10.3. The van der Waals surface area contributed by atoms with E-state index in [1.807, 2.05) is 36.6 Å². The third kappa shape index (κ3) is 5.61. The number of rotatable bonds is 8. The second-order valence-corrected chi connectivity index (χ2v) is 7.87. The first-order chi connectivity index (χ1) is 14.5. The van der Waals surface area contributed by atoms with Crippen LogP contribution >= 0.6 is 23.4 Å². The molecule has 0 radical (unpaired) electrons. The van der Waals surface area contributed by atoms with Gasteiger partial charge in [0.2, 0.25) is 5.91 Å². The van der Waals surface area contributed by atoms with Crippen molar-refractivity contribution in [2.75, 3.05) is 11.1 Å². The van der Waals surface area contributed by atoms with Crippen LogP contribution in [0.15, 0.2) is 59.8 Å². The SMILES string of the molecule is CCn1c(SCC(=O)Nc2ccc(Cl)cc2)nnc1[C@H](C)NC(=O)c1ccccc1. The zero-order valence-corrected chi connectivity index (χ0v) is 18.2. The van der Waals surface area contributed by atoms with Crippen LogP contribution < -0.4 is 10.6 Å². The Kier molecular flexibility index (Phi) is 7.48. The van der Waals surface area contributed by atoms with Crippen molar-refractivity contribution >= 4 is 40.9 Å². The smallest absolute Gasteiger partial charge is 0.251 e. The van der Waals surface area contributed by atoms with Crippen molar-refractivity contribution in [2.24, 2.45) is 0 Å². The number of hydrogen-bond acceptors (Lipinski definition) is 5. The average molecular weight is 444 g/mol. The number of thioether (sulfide) groups is 1. The average Bonchev–Trinajstić information content (AvgIpc) is 3.17. The number of benzene rings is 2. The Morgan fingerprint density at radius 2 is 1.80 bits per heavy atom. The van der Waals surface area contributed by atoms with Gasteiger partial charge in [-0.25, -0.2) is 0 Å². The molecule has 0 spiro atoms. The molecule has 0 bridgehead atoms. The Morgan fingerprint density at radius 3 is 2.47 bits per heavy atom. The molecule has 1 atom stereocenters. The van der Waals surface area contributed by atoms with Gasteiger partial charge in [0.1, 0.15) is 0 Å². The van der Waals surface area contributed by atoms with Crippen molar-refractivity contribution in [1.29, 1.82) is 0 Å². The Hall–Kier alpha value is -2.84. The number of amides is 2. The van der Waals surface area contributed by atoms with Gasteiger partial charge in [-0.2, -0.15) is 0 Å². The van der Waals surface area contributed by atoms with Crippen molar-refractivity contribution in [3.8, 4) is 0 Å². The highest BCUT2D eigenvalue weighted by Crippen LogP contribution is 2.21. The van der Waals surface area contributed by atoms with Gasteiger partial charge in [-0.15, -0.1) is 10.2 Å². The minimum absolute atomic E-state index is 0.153. The number of nitrogens with one attached hydrogen (secondary N) is 2. The lowest BCUT2D eigenvalue weighted by Crippen LogP contribution is -2.28. The van der Waals surface area contributed by atoms with Crippen LogP contribution in [0.25, 0.3) is 0 Å². The van der Waals surface area contributed by atoms with Crippen LogP contribution in [0.1, 0.15) is 36.1 Å². The summed E-state index contributed by atoms with van der Waals surface area (Å²) >= 11 is 7.15. The van der Waals surface area contributed by atoms with Crippen LogP contribution in [-0.2, 0) is 11.3 Å². The summed E-state index contributed by atoms with van der Waals surface area (Å²) in [6.07, 6.45) is 0. The fourth-order valence-electron chi connectivity index (χ4n) is 2.82. The normalized spacial score (nSPS) is 11.7. The first-order valence-electron chi connectivity index (χ1n) is 9.45. The molecule has 0 aliphatic rings. The number of carbonyl (C=O) groups is 2. The van der Waals surface area contributed by atoms with E-state index in [4.69, 9.17) is 11.6 Å². The highest BCUT2D eigenvalue weighted by Gasteiger charge is 2.20. The number of aromatic nitrogens is 3. The summed E-state index contributed by atoms with van der Waals surface area (Å²) in [5, 5.41) is 15.4. The summed E-state index contributed by atoms with van der Waals surface area (Å²) in [5.74, 6) is 0.499. The first-order valence-corrected chi connectivity index (χ1v) is 10.8. The van der Waals surface area contributed by atoms with Crippen LogP contribution in [0.4, 0.5) is 5.69 Å². The highest BCUT2D eigenvalue weighted by atomic mass is 35.5. The van der Waals surface area contributed by atoms with Gasteiger partial charge in [-0.3, -0.25) is 9.59 Å². The van der Waals surface area contributed by atoms with Crippen LogP contribution in [0.2, 0.25) is 5.02 Å². The number of carbonyl (C=O) groups excluding carboxylic acids is 2. The minimum atomic E-state index is -0.331. The van der Waals surface area contributed by atoms with Gasteiger partial charge in [-0.05, 0) is 50.2 Å².